The Morgan fingerprint density at radius 3 is 2.67 bits per heavy atom. The molecule has 1 aromatic carbocycles. The summed E-state index contributed by atoms with van der Waals surface area (Å²) < 4.78 is 15.2. The van der Waals surface area contributed by atoms with Crippen LogP contribution in [0.4, 0.5) is 15.8 Å². The molecule has 0 saturated heterocycles. The molecule has 0 atom stereocenters. The fourth-order valence-corrected chi connectivity index (χ4v) is 5.13. The van der Waals surface area contributed by atoms with E-state index in [-0.39, 0.29) is 40.7 Å². The van der Waals surface area contributed by atoms with Gasteiger partial charge in [0.25, 0.3) is 11.5 Å². The molecule has 36 heavy (non-hydrogen) atoms. The third-order valence-electron chi connectivity index (χ3n) is 5.89. The van der Waals surface area contributed by atoms with Crippen LogP contribution in [0, 0.1) is 29.6 Å². The Kier molecular flexibility index (Phi) is 9.43. The van der Waals surface area contributed by atoms with Crippen molar-refractivity contribution < 1.29 is 14.0 Å². The van der Waals surface area contributed by atoms with Crippen LogP contribution in [0.2, 0.25) is 0 Å². The number of terminal acetylenes is 1. The predicted octanol–water partition coefficient (Wildman–Crippen LogP) is 2.06. The van der Waals surface area contributed by atoms with Crippen LogP contribution >= 0.6 is 11.3 Å². The fraction of sp³-hybridized carbons (Fsp3) is 0.385. The minimum atomic E-state index is -0.751. The van der Waals surface area contributed by atoms with E-state index in [4.69, 9.17) is 6.42 Å². The average molecular weight is 510 g/mol. The monoisotopic (exact) mass is 509 g/mol. The van der Waals surface area contributed by atoms with Crippen molar-refractivity contribution in [2.45, 2.75) is 51.7 Å². The number of carbonyl (C=O) groups is 2. The van der Waals surface area contributed by atoms with Crippen molar-refractivity contribution in [3.8, 4) is 18.4 Å². The number of amides is 2. The molecule has 0 unspecified atom stereocenters. The Bertz CT molecular complexity index is 1370. The molecule has 0 aliphatic heterocycles. The summed E-state index contributed by atoms with van der Waals surface area (Å²) in [6.07, 6.45) is 8.75. The lowest BCUT2D eigenvalue weighted by Gasteiger charge is -2.23. The van der Waals surface area contributed by atoms with Crippen LogP contribution in [0.3, 0.4) is 0 Å². The largest absolute Gasteiger partial charge is 0.360 e. The van der Waals surface area contributed by atoms with Gasteiger partial charge in [0, 0.05) is 30.5 Å². The third kappa shape index (κ3) is 6.83. The summed E-state index contributed by atoms with van der Waals surface area (Å²) in [5.41, 5.74) is 0.716. The minimum Gasteiger partial charge on any atom is -0.360 e. The van der Waals surface area contributed by atoms with Crippen molar-refractivity contribution in [1.29, 1.82) is 5.26 Å². The van der Waals surface area contributed by atoms with Crippen molar-refractivity contribution in [3.05, 3.63) is 43.8 Å². The molecule has 1 aliphatic carbocycles. The van der Waals surface area contributed by atoms with E-state index in [1.165, 1.54) is 10.8 Å². The van der Waals surface area contributed by atoms with Crippen LogP contribution < -0.4 is 30.7 Å². The van der Waals surface area contributed by atoms with E-state index in [1.54, 1.807) is 31.2 Å². The number of nitriles is 1. The van der Waals surface area contributed by atoms with Gasteiger partial charge in [-0.1, -0.05) is 12.0 Å². The first-order valence-corrected chi connectivity index (χ1v) is 12.5. The van der Waals surface area contributed by atoms with Gasteiger partial charge in [0.05, 0.1) is 6.54 Å². The quantitative estimate of drug-likeness (QED) is 0.471. The van der Waals surface area contributed by atoms with Crippen molar-refractivity contribution in [2.24, 2.45) is 5.92 Å². The molecule has 2 amide bonds. The number of hydrogen-bond acceptors (Lipinski definition) is 6. The molecule has 188 valence electrons. The fourth-order valence-electron chi connectivity index (χ4n) is 4.04. The molecule has 0 spiro atoms. The average Bonchev–Trinajstić information content (AvgIpc) is 3.18. The number of rotatable bonds is 8. The third-order valence-corrected chi connectivity index (χ3v) is 7.02. The Hall–Kier alpha value is -3.89. The number of thiazole rings is 1. The lowest BCUT2D eigenvalue weighted by molar-refractivity contribution is -0.117. The van der Waals surface area contributed by atoms with Crippen LogP contribution in [0.1, 0.15) is 39.0 Å². The molecular weight excluding hydrogens is 481 g/mol. The standard InChI is InChI=1S/C26H28FN5O3S/c1-3-12-29-24(34)21(15-28)26-32(4-2)25(35)22(36-26)16-30-19-6-5-7-20(14-19)31-23(33)13-17-8-10-18(27)11-9-17/h1,5-7,14,16-18,30H,4,8-13H2,2H3,(H,29,34)(H,31,33)/b22-16+,26-21-. The number of anilines is 2. The molecule has 0 radical (unpaired) electrons. The first kappa shape index (κ1) is 26.7. The zero-order valence-electron chi connectivity index (χ0n) is 20.0. The molecule has 10 heteroatoms. The number of benzene rings is 1. The van der Waals surface area contributed by atoms with Crippen LogP contribution in [-0.4, -0.2) is 29.1 Å². The van der Waals surface area contributed by atoms with Crippen molar-refractivity contribution >= 4 is 46.3 Å². The summed E-state index contributed by atoms with van der Waals surface area (Å²) in [4.78, 5) is 37.6. The Morgan fingerprint density at radius 2 is 2.00 bits per heavy atom. The number of carbonyl (C=O) groups excluding carboxylic acids is 2. The molecule has 3 rings (SSSR count). The molecule has 1 aromatic heterocycles. The van der Waals surface area contributed by atoms with E-state index < -0.39 is 12.1 Å². The lowest BCUT2D eigenvalue weighted by Crippen LogP contribution is -2.34. The Balaban J connectivity index is 1.77. The lowest BCUT2D eigenvalue weighted by atomic mass is 9.86. The van der Waals surface area contributed by atoms with Gasteiger partial charge in [0.15, 0.2) is 5.57 Å². The predicted molar refractivity (Wildman–Crippen MR) is 139 cm³/mol. The van der Waals surface area contributed by atoms with Gasteiger partial charge in [0.2, 0.25) is 5.91 Å². The summed E-state index contributed by atoms with van der Waals surface area (Å²) in [7, 11) is 0. The van der Waals surface area contributed by atoms with Gasteiger partial charge < -0.3 is 16.0 Å². The number of aromatic nitrogens is 1. The smallest absolute Gasteiger partial charge is 0.270 e. The number of nitrogens with zero attached hydrogens (tertiary/aromatic N) is 2. The Labute approximate surface area is 212 Å². The highest BCUT2D eigenvalue weighted by atomic mass is 32.1. The summed E-state index contributed by atoms with van der Waals surface area (Å²) in [6.45, 7) is 2.00. The second kappa shape index (κ2) is 12.7. The zero-order chi connectivity index (χ0) is 26.1. The van der Waals surface area contributed by atoms with Gasteiger partial charge in [-0.3, -0.25) is 19.0 Å². The molecule has 2 aromatic rings. The van der Waals surface area contributed by atoms with Crippen molar-refractivity contribution in [2.75, 3.05) is 17.2 Å². The van der Waals surface area contributed by atoms with E-state index in [1.807, 2.05) is 6.07 Å². The molecule has 1 saturated carbocycles. The maximum absolute atomic E-state index is 13.3. The molecule has 3 N–H and O–H groups in total. The normalized spacial score (nSPS) is 18.5. The van der Waals surface area contributed by atoms with E-state index in [0.29, 0.717) is 35.2 Å². The summed E-state index contributed by atoms with van der Waals surface area (Å²) in [5.74, 6) is 1.72. The van der Waals surface area contributed by atoms with Crippen molar-refractivity contribution in [1.82, 2.24) is 9.88 Å². The van der Waals surface area contributed by atoms with Gasteiger partial charge in [-0.25, -0.2) is 4.39 Å². The summed E-state index contributed by atoms with van der Waals surface area (Å²) >= 11 is 1.02. The molecule has 1 fully saturated rings. The zero-order valence-corrected chi connectivity index (χ0v) is 20.8. The molecule has 1 aliphatic rings. The maximum Gasteiger partial charge on any atom is 0.270 e. The summed E-state index contributed by atoms with van der Waals surface area (Å²) in [6, 6.07) is 8.91. The molecular formula is C26H28FN5O3S. The highest BCUT2D eigenvalue weighted by Crippen LogP contribution is 2.28. The van der Waals surface area contributed by atoms with Crippen LogP contribution in [0.5, 0.6) is 0 Å². The van der Waals surface area contributed by atoms with Crippen LogP contribution in [0.15, 0.2) is 29.1 Å². The van der Waals surface area contributed by atoms with Gasteiger partial charge in [0.1, 0.15) is 21.4 Å². The second-order valence-electron chi connectivity index (χ2n) is 8.43. The molecule has 8 nitrogen and oxygen atoms in total. The van der Waals surface area contributed by atoms with Crippen molar-refractivity contribution in [3.63, 3.8) is 0 Å². The van der Waals surface area contributed by atoms with E-state index in [2.05, 4.69) is 21.9 Å². The maximum atomic E-state index is 13.3. The number of halogens is 1. The second-order valence-corrected chi connectivity index (χ2v) is 9.46. The molecule has 0 bridgehead atoms. The van der Waals surface area contributed by atoms with Gasteiger partial charge in [-0.15, -0.1) is 17.8 Å². The summed E-state index contributed by atoms with van der Waals surface area (Å²) in [5, 5.41) is 17.9. The van der Waals surface area contributed by atoms with Gasteiger partial charge in [-0.2, -0.15) is 5.26 Å². The SMILES string of the molecule is C#CCNC(=O)/C(C#N)=c1\s/c(=C/Nc2cccc(NC(=O)CC3CCC(F)CC3)c2)c(=O)n1CC. The highest BCUT2D eigenvalue weighted by Gasteiger charge is 2.22. The number of hydrogen-bond donors (Lipinski definition) is 3. The first-order chi connectivity index (χ1) is 17.4. The molecule has 1 heterocycles. The van der Waals surface area contributed by atoms with Gasteiger partial charge in [-0.05, 0) is 56.7 Å². The minimum absolute atomic E-state index is 0.0299. The van der Waals surface area contributed by atoms with Crippen LogP contribution in [-0.2, 0) is 16.1 Å². The van der Waals surface area contributed by atoms with E-state index in [9.17, 15) is 24.0 Å². The Morgan fingerprint density at radius 1 is 1.28 bits per heavy atom. The van der Waals surface area contributed by atoms with E-state index >= 15 is 0 Å². The number of alkyl halides is 1. The van der Waals surface area contributed by atoms with Crippen LogP contribution in [0.25, 0.3) is 11.8 Å². The topological polar surface area (TPSA) is 116 Å². The number of nitrogens with one attached hydrogen (secondary N) is 3. The highest BCUT2D eigenvalue weighted by molar-refractivity contribution is 7.07. The van der Waals surface area contributed by atoms with Gasteiger partial charge >= 0.3 is 0 Å². The first-order valence-electron chi connectivity index (χ1n) is 11.7. The van der Waals surface area contributed by atoms with E-state index in [0.717, 1.165) is 24.2 Å².